The molecular weight excluding hydrogens is 322 g/mol. The molecule has 0 fully saturated rings. The fourth-order valence-corrected chi connectivity index (χ4v) is 1.83. The number of nitrogens with two attached hydrogens (primary N) is 1. The van der Waals surface area contributed by atoms with Gasteiger partial charge in [0, 0.05) is 6.42 Å². The van der Waals surface area contributed by atoms with E-state index >= 15 is 0 Å². The van der Waals surface area contributed by atoms with E-state index in [2.05, 4.69) is 10.6 Å². The smallest absolute Gasteiger partial charge is 0.326 e. The number of carbonyl (C=O) groups excluding carboxylic acids is 2. The highest BCUT2D eigenvalue weighted by Crippen LogP contribution is 2.09. The molecule has 7 N–H and O–H groups in total. The lowest BCUT2D eigenvalue weighted by Gasteiger charge is -2.26. The number of nitrogens with one attached hydrogen (secondary N) is 2. The Bertz CT molecular complexity index is 469. The number of hydrogen-bond donors (Lipinski definition) is 6. The van der Waals surface area contributed by atoms with Crippen molar-refractivity contribution in [2.75, 3.05) is 6.61 Å². The molecule has 10 heteroatoms. The van der Waals surface area contributed by atoms with E-state index in [4.69, 9.17) is 21.1 Å². The average Bonchev–Trinajstić information content (AvgIpc) is 2.53. The number of carboxylic acids is 2. The van der Waals surface area contributed by atoms with Crippen molar-refractivity contribution in [3.63, 3.8) is 0 Å². The van der Waals surface area contributed by atoms with Gasteiger partial charge in [-0.05, 0) is 12.3 Å². The zero-order chi connectivity index (χ0) is 18.9. The summed E-state index contributed by atoms with van der Waals surface area (Å²) in [6.45, 7) is 2.86. The van der Waals surface area contributed by atoms with Crippen LogP contribution in [0.2, 0.25) is 0 Å². The van der Waals surface area contributed by atoms with E-state index < -0.39 is 54.9 Å². The van der Waals surface area contributed by atoms with Crippen LogP contribution >= 0.6 is 0 Å². The lowest BCUT2D eigenvalue weighted by atomic mass is 9.97. The molecule has 24 heavy (non-hydrogen) atoms. The van der Waals surface area contributed by atoms with Crippen LogP contribution in [0, 0.1) is 5.92 Å². The van der Waals surface area contributed by atoms with Crippen molar-refractivity contribution in [1.29, 1.82) is 0 Å². The summed E-state index contributed by atoms with van der Waals surface area (Å²) in [6, 6.07) is -3.64. The largest absolute Gasteiger partial charge is 0.481 e. The monoisotopic (exact) mass is 347 g/mol. The third kappa shape index (κ3) is 7.38. The van der Waals surface area contributed by atoms with Crippen LogP contribution in [0.15, 0.2) is 0 Å². The Morgan fingerprint density at radius 2 is 1.67 bits per heavy atom. The standard InChI is InChI=1S/C14H25N3O7/c1-3-7(2)11(17-12(21)8(15)6-18)13(22)16-9(14(23)24)4-5-10(19)20/h7-9,11,18H,3-6,15H2,1-2H3,(H,16,22)(H,17,21)(H,19,20)(H,23,24). The highest BCUT2D eigenvalue weighted by Gasteiger charge is 2.30. The van der Waals surface area contributed by atoms with Crippen molar-refractivity contribution in [2.24, 2.45) is 11.7 Å². The zero-order valence-corrected chi connectivity index (χ0v) is 13.7. The van der Waals surface area contributed by atoms with Gasteiger partial charge >= 0.3 is 11.9 Å². The van der Waals surface area contributed by atoms with E-state index in [1.54, 1.807) is 13.8 Å². The molecule has 0 saturated carbocycles. The van der Waals surface area contributed by atoms with Crippen molar-refractivity contribution in [3.8, 4) is 0 Å². The van der Waals surface area contributed by atoms with Crippen molar-refractivity contribution in [2.45, 2.75) is 51.2 Å². The second kappa shape index (κ2) is 10.6. The van der Waals surface area contributed by atoms with Crippen molar-refractivity contribution in [3.05, 3.63) is 0 Å². The number of amides is 2. The third-order valence-electron chi connectivity index (χ3n) is 3.59. The molecule has 0 saturated heterocycles. The predicted molar refractivity (Wildman–Crippen MR) is 82.9 cm³/mol. The highest BCUT2D eigenvalue weighted by atomic mass is 16.4. The SMILES string of the molecule is CCC(C)C(NC(=O)C(N)CO)C(=O)NC(CCC(=O)O)C(=O)O. The summed E-state index contributed by atoms with van der Waals surface area (Å²) in [5, 5.41) is 31.2. The number of hydrogen-bond acceptors (Lipinski definition) is 6. The number of aliphatic carboxylic acids is 2. The molecule has 0 bridgehead atoms. The molecule has 0 aromatic carbocycles. The molecule has 4 unspecified atom stereocenters. The Labute approximate surface area is 139 Å². The average molecular weight is 347 g/mol. The molecular formula is C14H25N3O7. The van der Waals surface area contributed by atoms with Gasteiger partial charge in [-0.1, -0.05) is 20.3 Å². The van der Waals surface area contributed by atoms with E-state index in [1.165, 1.54) is 0 Å². The number of aliphatic hydroxyl groups excluding tert-OH is 1. The van der Waals surface area contributed by atoms with E-state index in [1.807, 2.05) is 0 Å². The molecule has 0 heterocycles. The van der Waals surface area contributed by atoms with Crippen LogP contribution in [-0.4, -0.2) is 63.8 Å². The molecule has 0 aromatic rings. The van der Waals surface area contributed by atoms with Crippen LogP contribution in [-0.2, 0) is 19.2 Å². The van der Waals surface area contributed by atoms with Crippen LogP contribution in [0.4, 0.5) is 0 Å². The Morgan fingerprint density at radius 3 is 2.08 bits per heavy atom. The minimum Gasteiger partial charge on any atom is -0.481 e. The van der Waals surface area contributed by atoms with E-state index in [0.717, 1.165) is 0 Å². The molecule has 10 nitrogen and oxygen atoms in total. The number of carboxylic acid groups (broad SMARTS) is 2. The van der Waals surface area contributed by atoms with Crippen LogP contribution in [0.5, 0.6) is 0 Å². The molecule has 0 aliphatic carbocycles. The van der Waals surface area contributed by atoms with Gasteiger partial charge in [0.25, 0.3) is 0 Å². The summed E-state index contributed by atoms with van der Waals surface area (Å²) in [5.74, 6) is -4.37. The van der Waals surface area contributed by atoms with Gasteiger partial charge in [0.1, 0.15) is 18.1 Å². The Kier molecular flexibility index (Phi) is 9.58. The summed E-state index contributed by atoms with van der Waals surface area (Å²) in [7, 11) is 0. The first-order valence-corrected chi connectivity index (χ1v) is 7.55. The first-order chi connectivity index (χ1) is 11.1. The van der Waals surface area contributed by atoms with Crippen molar-refractivity contribution in [1.82, 2.24) is 10.6 Å². The van der Waals surface area contributed by atoms with E-state index in [0.29, 0.717) is 6.42 Å². The lowest BCUT2D eigenvalue weighted by molar-refractivity contribution is -0.143. The fourth-order valence-electron chi connectivity index (χ4n) is 1.83. The molecule has 138 valence electrons. The Hall–Kier alpha value is -2.20. The van der Waals surface area contributed by atoms with Crippen molar-refractivity contribution >= 4 is 23.8 Å². The maximum atomic E-state index is 12.3. The van der Waals surface area contributed by atoms with Gasteiger partial charge in [0.15, 0.2) is 0 Å². The van der Waals surface area contributed by atoms with Gasteiger partial charge in [0.2, 0.25) is 11.8 Å². The first kappa shape index (κ1) is 21.8. The first-order valence-electron chi connectivity index (χ1n) is 7.55. The van der Waals surface area contributed by atoms with Gasteiger partial charge in [0.05, 0.1) is 6.61 Å². The molecule has 0 rings (SSSR count). The second-order valence-corrected chi connectivity index (χ2v) is 5.49. The van der Waals surface area contributed by atoms with Gasteiger partial charge in [-0.2, -0.15) is 0 Å². The summed E-state index contributed by atoms with van der Waals surface area (Å²) in [4.78, 5) is 45.8. The number of rotatable bonds is 11. The summed E-state index contributed by atoms with van der Waals surface area (Å²) in [5.41, 5.74) is 5.38. The second-order valence-electron chi connectivity index (χ2n) is 5.49. The van der Waals surface area contributed by atoms with Gasteiger partial charge in [-0.3, -0.25) is 14.4 Å². The number of aliphatic hydroxyl groups is 1. The molecule has 4 atom stereocenters. The maximum Gasteiger partial charge on any atom is 0.326 e. The molecule has 0 aromatic heterocycles. The van der Waals surface area contributed by atoms with Crippen LogP contribution in [0.3, 0.4) is 0 Å². The van der Waals surface area contributed by atoms with Crippen LogP contribution in [0.1, 0.15) is 33.1 Å². The minimum absolute atomic E-state index is 0.284. The van der Waals surface area contributed by atoms with Gasteiger partial charge in [-0.25, -0.2) is 4.79 Å². The van der Waals surface area contributed by atoms with Crippen molar-refractivity contribution < 1.29 is 34.5 Å². The fraction of sp³-hybridized carbons (Fsp3) is 0.714. The Balaban J connectivity index is 5.05. The third-order valence-corrected chi connectivity index (χ3v) is 3.59. The van der Waals surface area contributed by atoms with E-state index in [9.17, 15) is 19.2 Å². The molecule has 0 aliphatic rings. The molecule has 0 spiro atoms. The normalized spacial score (nSPS) is 15.7. The molecule has 0 radical (unpaired) electrons. The van der Waals surface area contributed by atoms with Crippen LogP contribution in [0.25, 0.3) is 0 Å². The topological polar surface area (TPSA) is 179 Å². The van der Waals surface area contributed by atoms with Gasteiger partial charge in [-0.15, -0.1) is 0 Å². The lowest BCUT2D eigenvalue weighted by Crippen LogP contribution is -2.57. The Morgan fingerprint density at radius 1 is 1.08 bits per heavy atom. The quantitative estimate of drug-likeness (QED) is 0.255. The minimum atomic E-state index is -1.39. The van der Waals surface area contributed by atoms with Crippen LogP contribution < -0.4 is 16.4 Å². The zero-order valence-electron chi connectivity index (χ0n) is 13.7. The highest BCUT2D eigenvalue weighted by molar-refractivity contribution is 5.92. The van der Waals surface area contributed by atoms with Gasteiger partial charge < -0.3 is 31.7 Å². The predicted octanol–water partition coefficient (Wildman–Crippen LogP) is -1.73. The van der Waals surface area contributed by atoms with E-state index in [-0.39, 0.29) is 12.3 Å². The molecule has 0 aliphatic heterocycles. The maximum absolute atomic E-state index is 12.3. The molecule has 2 amide bonds. The number of carbonyl (C=O) groups is 4. The summed E-state index contributed by atoms with van der Waals surface area (Å²) < 4.78 is 0. The summed E-state index contributed by atoms with van der Waals surface area (Å²) >= 11 is 0. The summed E-state index contributed by atoms with van der Waals surface area (Å²) in [6.07, 6.45) is -0.194.